The molecule has 1 unspecified atom stereocenters. The molecule has 5 nitrogen and oxygen atoms in total. The lowest BCUT2D eigenvalue weighted by Gasteiger charge is -2.08. The Balaban J connectivity index is 1.51. The van der Waals surface area contributed by atoms with Gasteiger partial charge in [-0.2, -0.15) is 5.10 Å². The minimum Gasteiger partial charge on any atom is -0.378 e. The fourth-order valence-electron chi connectivity index (χ4n) is 2.33. The molecule has 1 saturated heterocycles. The maximum absolute atomic E-state index is 5.62. The molecule has 6 heteroatoms. The molecule has 1 N–H and O–H groups in total. The normalized spacial score (nSPS) is 18.6. The molecule has 0 bridgehead atoms. The highest BCUT2D eigenvalue weighted by molar-refractivity contribution is 7.11. The highest BCUT2D eigenvalue weighted by Gasteiger charge is 2.16. The standard InChI is InChI=1S/C14H20N4OS/c1-2-14-16-8-13(20-14)7-15-11-6-17-18(9-11)10-12-4-3-5-19-12/h6,8-9,12,15H,2-5,7,10H2,1H3. The van der Waals surface area contributed by atoms with Gasteiger partial charge in [0.15, 0.2) is 0 Å². The third-order valence-electron chi connectivity index (χ3n) is 3.42. The van der Waals surface area contributed by atoms with E-state index in [9.17, 15) is 0 Å². The van der Waals surface area contributed by atoms with Gasteiger partial charge in [-0.25, -0.2) is 4.98 Å². The van der Waals surface area contributed by atoms with Crippen LogP contribution in [0, 0.1) is 0 Å². The van der Waals surface area contributed by atoms with Crippen LogP contribution in [0.2, 0.25) is 0 Å². The number of thiazole rings is 1. The minimum absolute atomic E-state index is 0.330. The molecule has 3 rings (SSSR count). The van der Waals surface area contributed by atoms with Crippen LogP contribution in [0.25, 0.3) is 0 Å². The van der Waals surface area contributed by atoms with Crippen molar-refractivity contribution in [3.63, 3.8) is 0 Å². The van der Waals surface area contributed by atoms with Gasteiger partial charge in [-0.15, -0.1) is 11.3 Å². The number of rotatable bonds is 6. The number of aryl methyl sites for hydroxylation is 1. The maximum atomic E-state index is 5.62. The van der Waals surface area contributed by atoms with Gasteiger partial charge in [0.05, 0.1) is 36.1 Å². The number of hydrogen-bond donors (Lipinski definition) is 1. The first-order valence-electron chi connectivity index (χ1n) is 7.15. The SMILES string of the molecule is CCc1ncc(CNc2cnn(CC3CCCO3)c2)s1. The van der Waals surface area contributed by atoms with Crippen LogP contribution in [-0.4, -0.2) is 27.5 Å². The zero-order valence-electron chi connectivity index (χ0n) is 11.7. The van der Waals surface area contributed by atoms with E-state index in [1.165, 1.54) is 16.3 Å². The zero-order chi connectivity index (χ0) is 13.8. The Kier molecular flexibility index (Phi) is 4.32. The second-order valence-corrected chi connectivity index (χ2v) is 6.21. The van der Waals surface area contributed by atoms with Gasteiger partial charge in [-0.05, 0) is 19.3 Å². The number of anilines is 1. The second-order valence-electron chi connectivity index (χ2n) is 5.01. The van der Waals surface area contributed by atoms with E-state index in [1.54, 1.807) is 11.3 Å². The number of hydrogen-bond acceptors (Lipinski definition) is 5. The lowest BCUT2D eigenvalue weighted by atomic mass is 10.2. The van der Waals surface area contributed by atoms with E-state index < -0.39 is 0 Å². The van der Waals surface area contributed by atoms with Crippen LogP contribution in [0.15, 0.2) is 18.6 Å². The second kappa shape index (κ2) is 6.37. The molecule has 0 aliphatic carbocycles. The number of aromatic nitrogens is 3. The summed E-state index contributed by atoms with van der Waals surface area (Å²) in [6.45, 7) is 4.68. The monoisotopic (exact) mass is 292 g/mol. The van der Waals surface area contributed by atoms with Gasteiger partial charge >= 0.3 is 0 Å². The molecule has 3 heterocycles. The molecule has 2 aromatic rings. The quantitative estimate of drug-likeness (QED) is 0.889. The zero-order valence-corrected chi connectivity index (χ0v) is 12.5. The van der Waals surface area contributed by atoms with Crippen LogP contribution in [-0.2, 0) is 24.2 Å². The lowest BCUT2D eigenvalue weighted by Crippen LogP contribution is -2.15. The summed E-state index contributed by atoms with van der Waals surface area (Å²) in [7, 11) is 0. The van der Waals surface area contributed by atoms with Crippen molar-refractivity contribution < 1.29 is 4.74 Å². The highest BCUT2D eigenvalue weighted by atomic mass is 32.1. The number of nitrogens with one attached hydrogen (secondary N) is 1. The molecule has 1 aliphatic rings. The largest absolute Gasteiger partial charge is 0.378 e. The van der Waals surface area contributed by atoms with Crippen molar-refractivity contribution >= 4 is 17.0 Å². The summed E-state index contributed by atoms with van der Waals surface area (Å²) >= 11 is 1.76. The Morgan fingerprint density at radius 1 is 1.50 bits per heavy atom. The molecule has 20 heavy (non-hydrogen) atoms. The van der Waals surface area contributed by atoms with E-state index >= 15 is 0 Å². The topological polar surface area (TPSA) is 52.0 Å². The average molecular weight is 292 g/mol. The first-order chi connectivity index (χ1) is 9.83. The average Bonchev–Trinajstić information content (AvgIpc) is 3.18. The summed E-state index contributed by atoms with van der Waals surface area (Å²) in [4.78, 5) is 5.62. The number of nitrogens with zero attached hydrogens (tertiary/aromatic N) is 3. The minimum atomic E-state index is 0.330. The van der Waals surface area contributed by atoms with Crippen molar-refractivity contribution in [3.05, 3.63) is 28.5 Å². The Labute approximate surface area is 123 Å². The van der Waals surface area contributed by atoms with Crippen molar-refractivity contribution in [2.45, 2.75) is 45.4 Å². The summed E-state index contributed by atoms with van der Waals surface area (Å²) < 4.78 is 7.58. The molecule has 1 atom stereocenters. The Morgan fingerprint density at radius 3 is 3.20 bits per heavy atom. The summed E-state index contributed by atoms with van der Waals surface area (Å²) in [5.74, 6) is 0. The van der Waals surface area contributed by atoms with Gasteiger partial charge in [-0.1, -0.05) is 6.92 Å². The smallest absolute Gasteiger partial charge is 0.0925 e. The van der Waals surface area contributed by atoms with Crippen LogP contribution in [0.1, 0.15) is 29.7 Å². The predicted molar refractivity (Wildman–Crippen MR) is 80.0 cm³/mol. The van der Waals surface area contributed by atoms with Crippen molar-refractivity contribution in [2.75, 3.05) is 11.9 Å². The maximum Gasteiger partial charge on any atom is 0.0925 e. The molecular weight excluding hydrogens is 272 g/mol. The Hall–Kier alpha value is -1.40. The molecule has 0 aromatic carbocycles. The first kappa shape index (κ1) is 13.6. The third-order valence-corrected chi connectivity index (χ3v) is 4.56. The van der Waals surface area contributed by atoms with E-state index in [-0.39, 0.29) is 0 Å². The van der Waals surface area contributed by atoms with Gasteiger partial charge < -0.3 is 10.1 Å². The molecule has 0 radical (unpaired) electrons. The van der Waals surface area contributed by atoms with E-state index in [0.717, 1.165) is 38.2 Å². The Morgan fingerprint density at radius 2 is 2.45 bits per heavy atom. The van der Waals surface area contributed by atoms with Crippen LogP contribution in [0.5, 0.6) is 0 Å². The number of ether oxygens (including phenoxy) is 1. The predicted octanol–water partition coefficient (Wildman–Crippen LogP) is 2.69. The molecular formula is C14H20N4OS. The van der Waals surface area contributed by atoms with Crippen molar-refractivity contribution in [3.8, 4) is 0 Å². The van der Waals surface area contributed by atoms with Crippen LogP contribution < -0.4 is 5.32 Å². The molecule has 108 valence electrons. The van der Waals surface area contributed by atoms with E-state index in [2.05, 4.69) is 22.3 Å². The Bertz CT molecular complexity index is 545. The van der Waals surface area contributed by atoms with Crippen molar-refractivity contribution in [1.82, 2.24) is 14.8 Å². The van der Waals surface area contributed by atoms with E-state index in [4.69, 9.17) is 4.74 Å². The van der Waals surface area contributed by atoms with Crippen molar-refractivity contribution in [2.24, 2.45) is 0 Å². The summed E-state index contributed by atoms with van der Waals surface area (Å²) in [6.07, 6.45) is 9.51. The van der Waals surface area contributed by atoms with E-state index in [0.29, 0.717) is 6.10 Å². The highest BCUT2D eigenvalue weighted by Crippen LogP contribution is 2.17. The molecule has 2 aromatic heterocycles. The van der Waals surface area contributed by atoms with Crippen molar-refractivity contribution in [1.29, 1.82) is 0 Å². The van der Waals surface area contributed by atoms with Gasteiger partial charge in [0.1, 0.15) is 0 Å². The molecule has 0 saturated carbocycles. The lowest BCUT2D eigenvalue weighted by molar-refractivity contribution is 0.0940. The summed E-state index contributed by atoms with van der Waals surface area (Å²) in [5, 5.41) is 8.96. The fourth-order valence-corrected chi connectivity index (χ4v) is 3.14. The third kappa shape index (κ3) is 3.37. The van der Waals surface area contributed by atoms with Gasteiger partial charge in [0, 0.05) is 23.9 Å². The molecule has 1 fully saturated rings. The first-order valence-corrected chi connectivity index (χ1v) is 7.96. The van der Waals surface area contributed by atoms with Crippen LogP contribution in [0.3, 0.4) is 0 Å². The molecule has 0 spiro atoms. The molecule has 1 aliphatic heterocycles. The van der Waals surface area contributed by atoms with Gasteiger partial charge in [0.2, 0.25) is 0 Å². The fraction of sp³-hybridized carbons (Fsp3) is 0.571. The summed E-state index contributed by atoms with van der Waals surface area (Å²) in [6, 6.07) is 0. The van der Waals surface area contributed by atoms with Gasteiger partial charge in [-0.3, -0.25) is 4.68 Å². The van der Waals surface area contributed by atoms with Crippen LogP contribution in [0.4, 0.5) is 5.69 Å². The van der Waals surface area contributed by atoms with Crippen LogP contribution >= 0.6 is 11.3 Å². The summed E-state index contributed by atoms with van der Waals surface area (Å²) in [5.41, 5.74) is 1.05. The van der Waals surface area contributed by atoms with Gasteiger partial charge in [0.25, 0.3) is 0 Å². The van der Waals surface area contributed by atoms with E-state index in [1.807, 2.05) is 23.3 Å². The molecule has 0 amide bonds.